The number of aromatic nitrogens is 3. The van der Waals surface area contributed by atoms with Crippen molar-refractivity contribution < 1.29 is 14.6 Å². The number of nitrogens with zero attached hydrogens (tertiary/aromatic N) is 6. The van der Waals surface area contributed by atoms with Gasteiger partial charge in [-0.3, -0.25) is 19.6 Å². The fraction of sp³-hybridized carbons (Fsp3) is 0.0811. The third kappa shape index (κ3) is 6.35. The molecule has 0 aromatic carbocycles. The van der Waals surface area contributed by atoms with Crippen molar-refractivity contribution in [1.29, 1.82) is 0 Å². The molecule has 0 spiro atoms. The van der Waals surface area contributed by atoms with E-state index >= 15 is 0 Å². The Morgan fingerprint density at radius 2 is 1.60 bits per heavy atom. The number of carbonyl (C=O) groups excluding carboxylic acids is 2. The van der Waals surface area contributed by atoms with Crippen molar-refractivity contribution in [2.45, 2.75) is 0 Å². The number of amides is 2. The summed E-state index contributed by atoms with van der Waals surface area (Å²) in [5.74, 6) is -0.611. The molecule has 0 bridgehead atoms. The molecule has 0 saturated carbocycles. The quantitative estimate of drug-likeness (QED) is 0.424. The van der Waals surface area contributed by atoms with Gasteiger partial charge in [0.2, 0.25) is 0 Å². The van der Waals surface area contributed by atoms with Crippen molar-refractivity contribution in [2.24, 2.45) is 4.99 Å². The topological polar surface area (TPSA) is 119 Å². The van der Waals surface area contributed by atoms with Crippen molar-refractivity contribution in [1.82, 2.24) is 29.8 Å². The second-order valence-electron chi connectivity index (χ2n) is 11.0. The SMILES string of the molecule is CN1C=CC(=C2C=CN(CCNC(=O)c3ccc(-c4ccc(C(=O)N=C5C=C6C=CC=[N+]=C6c6[nH+]cccc65)cn4)nc3)C=C2)C=C1. The van der Waals surface area contributed by atoms with E-state index in [9.17, 15) is 9.59 Å². The maximum absolute atomic E-state index is 13.1. The Morgan fingerprint density at radius 3 is 2.30 bits per heavy atom. The first kappa shape index (κ1) is 29.2. The molecule has 3 aliphatic heterocycles. The molecular formula is C37H30N8O2+2. The van der Waals surface area contributed by atoms with Gasteiger partial charge >= 0.3 is 11.4 Å². The van der Waals surface area contributed by atoms with Crippen LogP contribution in [-0.2, 0) is 0 Å². The monoisotopic (exact) mass is 618 g/mol. The predicted octanol–water partition coefficient (Wildman–Crippen LogP) is 3.37. The van der Waals surface area contributed by atoms with Gasteiger partial charge < -0.3 is 15.1 Å². The fourth-order valence-corrected chi connectivity index (χ4v) is 5.33. The second kappa shape index (κ2) is 12.8. The molecule has 0 fully saturated rings. The van der Waals surface area contributed by atoms with Gasteiger partial charge in [0.05, 0.1) is 39.4 Å². The number of aromatic amines is 1. The van der Waals surface area contributed by atoms with Gasteiger partial charge in [0.1, 0.15) is 0 Å². The second-order valence-corrected chi connectivity index (χ2v) is 11.0. The van der Waals surface area contributed by atoms with E-state index in [2.05, 4.69) is 54.2 Å². The molecule has 1 aliphatic carbocycles. The van der Waals surface area contributed by atoms with Crippen LogP contribution >= 0.6 is 0 Å². The lowest BCUT2D eigenvalue weighted by Crippen LogP contribution is -2.31. The van der Waals surface area contributed by atoms with Crippen LogP contribution in [0.1, 0.15) is 32.0 Å². The van der Waals surface area contributed by atoms with Crippen molar-refractivity contribution in [3.63, 3.8) is 0 Å². The number of pyridine rings is 3. The Balaban J connectivity index is 0.951. The van der Waals surface area contributed by atoms with Crippen molar-refractivity contribution in [2.75, 3.05) is 20.1 Å². The third-order valence-corrected chi connectivity index (χ3v) is 7.88. The summed E-state index contributed by atoms with van der Waals surface area (Å²) in [5.41, 5.74) is 8.12. The van der Waals surface area contributed by atoms with E-state index in [0.29, 0.717) is 41.3 Å². The van der Waals surface area contributed by atoms with Gasteiger partial charge in [-0.2, -0.15) is 0 Å². The van der Waals surface area contributed by atoms with Crippen molar-refractivity contribution in [3.8, 4) is 11.4 Å². The zero-order chi connectivity index (χ0) is 32.2. The number of allylic oxidation sites excluding steroid dienone is 10. The summed E-state index contributed by atoms with van der Waals surface area (Å²) in [4.78, 5) is 46.4. The maximum atomic E-state index is 13.1. The summed E-state index contributed by atoms with van der Waals surface area (Å²) in [7, 11) is 1.99. The van der Waals surface area contributed by atoms with E-state index in [0.717, 1.165) is 33.7 Å². The van der Waals surface area contributed by atoms with Crippen LogP contribution < -0.4 is 15.0 Å². The Hall–Kier alpha value is -6.51. The van der Waals surface area contributed by atoms with Gasteiger partial charge in [0, 0.05) is 69.5 Å². The first-order valence-electron chi connectivity index (χ1n) is 15.1. The number of rotatable bonds is 6. The fourth-order valence-electron chi connectivity index (χ4n) is 5.33. The highest BCUT2D eigenvalue weighted by Crippen LogP contribution is 2.21. The number of aliphatic imine (C=N–C) groups is 1. The molecule has 2 amide bonds. The smallest absolute Gasteiger partial charge is 0.357 e. The molecule has 10 nitrogen and oxygen atoms in total. The minimum atomic E-state index is -0.406. The Kier molecular flexibility index (Phi) is 7.98. The standard InChI is InChI=1S/C37H28N8O2/c1-44-17-10-25(11-18-44)26-12-19-45(20-13-26)21-16-40-36(46)28-6-8-31(41-23-28)32-9-7-29(24-42-32)37(47)43-33-22-27-4-2-14-38-34(27)35-30(33)5-3-15-39-35/h2-15,17-20,22-24H,16,21H2,1H3/p+2. The minimum Gasteiger partial charge on any atom is -0.357 e. The zero-order valence-corrected chi connectivity index (χ0v) is 25.5. The number of hydrogen-bond donors (Lipinski definition) is 1. The van der Waals surface area contributed by atoms with Crippen LogP contribution in [0.3, 0.4) is 0 Å². The molecule has 228 valence electrons. The summed E-state index contributed by atoms with van der Waals surface area (Å²) in [6, 6.07) is 10.6. The molecule has 0 unspecified atom stereocenters. The summed E-state index contributed by atoms with van der Waals surface area (Å²) >= 11 is 0. The molecule has 6 heterocycles. The molecule has 3 aromatic rings. The summed E-state index contributed by atoms with van der Waals surface area (Å²) in [5, 5.41) is 2.95. The highest BCUT2D eigenvalue weighted by Gasteiger charge is 2.35. The number of carbonyl (C=O) groups is 2. The highest BCUT2D eigenvalue weighted by molar-refractivity contribution is 6.29. The van der Waals surface area contributed by atoms with Crippen molar-refractivity contribution in [3.05, 3.63) is 161 Å². The Labute approximate surface area is 271 Å². The van der Waals surface area contributed by atoms with Crippen molar-refractivity contribution >= 4 is 29.5 Å². The maximum Gasteiger partial charge on any atom is 0.405 e. The number of fused-ring (bicyclic) bond motifs is 3. The molecule has 0 radical (unpaired) electrons. The molecule has 10 heteroatoms. The molecule has 2 N–H and O–H groups in total. The molecule has 0 saturated heterocycles. The van der Waals surface area contributed by atoms with E-state index in [1.54, 1.807) is 30.5 Å². The first-order valence-corrected chi connectivity index (χ1v) is 15.1. The van der Waals surface area contributed by atoms with Gasteiger partial charge in [-0.25, -0.2) is 9.98 Å². The molecule has 0 atom stereocenters. The average molecular weight is 619 g/mol. The van der Waals surface area contributed by atoms with Gasteiger partial charge in [-0.1, -0.05) is 4.67 Å². The number of H-pyrrole nitrogens is 1. The van der Waals surface area contributed by atoms with Gasteiger partial charge in [0.15, 0.2) is 6.20 Å². The van der Waals surface area contributed by atoms with Crippen LogP contribution in [-0.4, -0.2) is 69.4 Å². The van der Waals surface area contributed by atoms with Crippen LogP contribution in [0.2, 0.25) is 0 Å². The number of nitrogens with one attached hydrogen (secondary N) is 2. The minimum absolute atomic E-state index is 0.205. The third-order valence-electron chi connectivity index (χ3n) is 7.88. The van der Waals surface area contributed by atoms with Crippen LogP contribution in [0.5, 0.6) is 0 Å². The summed E-state index contributed by atoms with van der Waals surface area (Å²) < 4.78 is 4.48. The number of hydrogen-bond acceptors (Lipinski definition) is 6. The lowest BCUT2D eigenvalue weighted by molar-refractivity contribution is -0.380. The predicted molar refractivity (Wildman–Crippen MR) is 181 cm³/mol. The Bertz CT molecular complexity index is 2060. The molecule has 3 aromatic heterocycles. The van der Waals surface area contributed by atoms with Gasteiger partial charge in [-0.15, -0.1) is 0 Å². The van der Waals surface area contributed by atoms with Gasteiger partial charge in [-0.05, 0) is 77.9 Å². The van der Waals surface area contributed by atoms with Crippen LogP contribution in [0, 0.1) is 0 Å². The summed E-state index contributed by atoms with van der Waals surface area (Å²) in [6.07, 6.45) is 28.6. The van der Waals surface area contributed by atoms with E-state index in [-0.39, 0.29) is 5.91 Å². The summed E-state index contributed by atoms with van der Waals surface area (Å²) in [6.45, 7) is 1.10. The van der Waals surface area contributed by atoms with E-state index in [1.807, 2.05) is 78.2 Å². The average Bonchev–Trinajstić information content (AvgIpc) is 3.12. The van der Waals surface area contributed by atoms with Crippen LogP contribution in [0.4, 0.5) is 0 Å². The lowest BCUT2D eigenvalue weighted by Gasteiger charge is -2.20. The normalized spacial score (nSPS) is 16.7. The highest BCUT2D eigenvalue weighted by atomic mass is 16.2. The Morgan fingerprint density at radius 1 is 0.894 bits per heavy atom. The molecule has 47 heavy (non-hydrogen) atoms. The lowest BCUT2D eigenvalue weighted by atomic mass is 9.91. The largest absolute Gasteiger partial charge is 0.405 e. The van der Waals surface area contributed by atoms with Gasteiger partial charge in [0.25, 0.3) is 18.0 Å². The van der Waals surface area contributed by atoms with Crippen LogP contribution in [0.15, 0.2) is 144 Å². The van der Waals surface area contributed by atoms with E-state index in [1.165, 1.54) is 12.4 Å². The van der Waals surface area contributed by atoms with Crippen LogP contribution in [0.25, 0.3) is 11.4 Å². The zero-order valence-electron chi connectivity index (χ0n) is 25.5. The first-order chi connectivity index (χ1) is 23.0. The van der Waals surface area contributed by atoms with E-state index < -0.39 is 5.91 Å². The molecule has 4 aliphatic rings. The molecular weight excluding hydrogens is 588 g/mol. The molecule has 7 rings (SSSR count). The van der Waals surface area contributed by atoms with E-state index in [4.69, 9.17) is 0 Å².